The Morgan fingerprint density at radius 1 is 1.23 bits per heavy atom. The van der Waals surface area contributed by atoms with E-state index in [4.69, 9.17) is 4.98 Å². The predicted octanol–water partition coefficient (Wildman–Crippen LogP) is 4.40. The molecule has 1 aromatic carbocycles. The second kappa shape index (κ2) is 7.00. The first-order valence-electron chi connectivity index (χ1n) is 8.86. The quantitative estimate of drug-likeness (QED) is 0.494. The molecule has 2 aromatic heterocycles. The fraction of sp³-hybridized carbons (Fsp3) is 0.350. The van der Waals surface area contributed by atoms with Crippen molar-refractivity contribution in [3.05, 3.63) is 51.1 Å². The second-order valence-corrected chi connectivity index (χ2v) is 9.02. The standard InChI is InChI=1S/C20H20N2O2S2/c1-12(23)13(2)25-20-21-18-17(15-10-6-7-11-16(15)26-18)19(24)22(20)14-8-4-3-5-9-14/h3-5,8-9,13H,6-7,10-11H2,1-2H3. The van der Waals surface area contributed by atoms with Gasteiger partial charge in [0.05, 0.1) is 16.3 Å². The number of hydrogen-bond acceptors (Lipinski definition) is 5. The highest BCUT2D eigenvalue weighted by Gasteiger charge is 2.24. The van der Waals surface area contributed by atoms with Gasteiger partial charge in [0.1, 0.15) is 10.6 Å². The lowest BCUT2D eigenvalue weighted by atomic mass is 9.97. The van der Waals surface area contributed by atoms with E-state index in [-0.39, 0.29) is 16.6 Å². The van der Waals surface area contributed by atoms with Gasteiger partial charge in [-0.05, 0) is 57.2 Å². The molecule has 0 radical (unpaired) electrons. The molecule has 1 atom stereocenters. The summed E-state index contributed by atoms with van der Waals surface area (Å²) >= 11 is 3.00. The number of carbonyl (C=O) groups excluding carboxylic acids is 1. The number of hydrogen-bond donors (Lipinski definition) is 0. The van der Waals surface area contributed by atoms with Crippen molar-refractivity contribution in [3.8, 4) is 5.69 Å². The van der Waals surface area contributed by atoms with Gasteiger partial charge >= 0.3 is 0 Å². The Bertz CT molecular complexity index is 1040. The number of carbonyl (C=O) groups is 1. The summed E-state index contributed by atoms with van der Waals surface area (Å²) in [6, 6.07) is 9.58. The minimum absolute atomic E-state index is 0.0150. The lowest BCUT2D eigenvalue weighted by Gasteiger charge is -2.15. The highest BCUT2D eigenvalue weighted by atomic mass is 32.2. The van der Waals surface area contributed by atoms with Crippen LogP contribution in [0.15, 0.2) is 40.3 Å². The number of para-hydroxylation sites is 1. The second-order valence-electron chi connectivity index (χ2n) is 6.63. The van der Waals surface area contributed by atoms with Crippen LogP contribution in [0.3, 0.4) is 0 Å². The third-order valence-corrected chi connectivity index (χ3v) is 7.18. The van der Waals surface area contributed by atoms with Crippen LogP contribution in [0.4, 0.5) is 0 Å². The van der Waals surface area contributed by atoms with Gasteiger partial charge in [-0.25, -0.2) is 4.98 Å². The Balaban J connectivity index is 1.99. The normalized spacial score (nSPS) is 15.0. The van der Waals surface area contributed by atoms with E-state index in [1.165, 1.54) is 28.6 Å². The largest absolute Gasteiger partial charge is 0.299 e. The number of ketones is 1. The average Bonchev–Trinajstić information content (AvgIpc) is 3.01. The molecule has 0 aliphatic heterocycles. The maximum Gasteiger partial charge on any atom is 0.267 e. The van der Waals surface area contributed by atoms with Crippen LogP contribution < -0.4 is 5.56 Å². The maximum absolute atomic E-state index is 13.5. The fourth-order valence-corrected chi connectivity index (χ4v) is 5.54. The summed E-state index contributed by atoms with van der Waals surface area (Å²) in [7, 11) is 0. The summed E-state index contributed by atoms with van der Waals surface area (Å²) in [6.45, 7) is 3.43. The van der Waals surface area contributed by atoms with Crippen LogP contribution in [0, 0.1) is 0 Å². The van der Waals surface area contributed by atoms with Gasteiger partial charge in [0.15, 0.2) is 5.16 Å². The van der Waals surface area contributed by atoms with Crippen molar-refractivity contribution in [1.29, 1.82) is 0 Å². The van der Waals surface area contributed by atoms with E-state index < -0.39 is 0 Å². The topological polar surface area (TPSA) is 52.0 Å². The molecule has 4 nitrogen and oxygen atoms in total. The number of rotatable bonds is 4. The van der Waals surface area contributed by atoms with E-state index in [9.17, 15) is 9.59 Å². The molecule has 1 aliphatic rings. The van der Waals surface area contributed by atoms with Gasteiger partial charge in [0, 0.05) is 4.88 Å². The van der Waals surface area contributed by atoms with Crippen molar-refractivity contribution < 1.29 is 4.79 Å². The molecular formula is C20H20N2O2S2. The van der Waals surface area contributed by atoms with Crippen LogP contribution in [0.25, 0.3) is 15.9 Å². The Kier molecular flexibility index (Phi) is 4.71. The number of benzene rings is 1. The SMILES string of the molecule is CC(=O)C(C)Sc1nc2sc3c(c2c(=O)n1-c1ccccc1)CCCC3. The van der Waals surface area contributed by atoms with Crippen LogP contribution in [-0.2, 0) is 17.6 Å². The van der Waals surface area contributed by atoms with Crippen molar-refractivity contribution in [2.45, 2.75) is 49.9 Å². The van der Waals surface area contributed by atoms with E-state index in [1.807, 2.05) is 37.3 Å². The van der Waals surface area contributed by atoms with Crippen molar-refractivity contribution in [3.63, 3.8) is 0 Å². The minimum Gasteiger partial charge on any atom is -0.299 e. The van der Waals surface area contributed by atoms with Gasteiger partial charge in [-0.2, -0.15) is 0 Å². The van der Waals surface area contributed by atoms with Gasteiger partial charge < -0.3 is 0 Å². The monoisotopic (exact) mass is 384 g/mol. The van der Waals surface area contributed by atoms with E-state index in [2.05, 4.69) is 0 Å². The number of nitrogens with zero attached hydrogens (tertiary/aromatic N) is 2. The third-order valence-electron chi connectivity index (χ3n) is 4.83. The molecule has 0 spiro atoms. The van der Waals surface area contributed by atoms with Crippen LogP contribution >= 0.6 is 23.1 Å². The predicted molar refractivity (Wildman–Crippen MR) is 108 cm³/mol. The minimum atomic E-state index is -0.246. The molecule has 134 valence electrons. The lowest BCUT2D eigenvalue weighted by Crippen LogP contribution is -2.23. The molecule has 26 heavy (non-hydrogen) atoms. The van der Waals surface area contributed by atoms with E-state index in [0.717, 1.165) is 35.2 Å². The summed E-state index contributed by atoms with van der Waals surface area (Å²) < 4.78 is 1.67. The zero-order valence-electron chi connectivity index (χ0n) is 14.8. The van der Waals surface area contributed by atoms with Crippen LogP contribution in [0.5, 0.6) is 0 Å². The van der Waals surface area contributed by atoms with Crippen LogP contribution in [-0.4, -0.2) is 20.6 Å². The molecule has 0 saturated carbocycles. The van der Waals surface area contributed by atoms with Crippen LogP contribution in [0.2, 0.25) is 0 Å². The summed E-state index contributed by atoms with van der Waals surface area (Å²) in [5.41, 5.74) is 1.97. The maximum atomic E-state index is 13.5. The molecule has 3 aromatic rings. The summed E-state index contributed by atoms with van der Waals surface area (Å²) in [5, 5.41) is 1.12. The van der Waals surface area contributed by atoms with Crippen molar-refractivity contribution in [2.24, 2.45) is 0 Å². The highest BCUT2D eigenvalue weighted by molar-refractivity contribution is 8.00. The number of thioether (sulfide) groups is 1. The summed E-state index contributed by atoms with van der Waals surface area (Å²) in [5.74, 6) is 0.0782. The van der Waals surface area contributed by atoms with E-state index in [1.54, 1.807) is 22.8 Å². The number of thiophene rings is 1. The van der Waals surface area contributed by atoms with Crippen molar-refractivity contribution in [2.75, 3.05) is 0 Å². The number of fused-ring (bicyclic) bond motifs is 3. The Hall–Kier alpha value is -1.92. The zero-order chi connectivity index (χ0) is 18.3. The first-order chi connectivity index (χ1) is 12.6. The number of Topliss-reactive ketones (excluding diaryl/α,β-unsaturated/α-hetero) is 1. The lowest BCUT2D eigenvalue weighted by molar-refractivity contribution is -0.116. The fourth-order valence-electron chi connectivity index (χ4n) is 3.31. The molecule has 1 aliphatic carbocycles. The highest BCUT2D eigenvalue weighted by Crippen LogP contribution is 2.35. The van der Waals surface area contributed by atoms with Gasteiger partial charge in [-0.1, -0.05) is 30.0 Å². The van der Waals surface area contributed by atoms with Gasteiger partial charge in [-0.3, -0.25) is 14.2 Å². The molecule has 0 bridgehead atoms. The van der Waals surface area contributed by atoms with Crippen molar-refractivity contribution >= 4 is 39.1 Å². The average molecular weight is 385 g/mol. The first-order valence-corrected chi connectivity index (χ1v) is 10.6. The molecule has 0 N–H and O–H groups in total. The summed E-state index contributed by atoms with van der Waals surface area (Å²) in [4.78, 5) is 32.2. The number of aromatic nitrogens is 2. The molecule has 0 amide bonds. The Morgan fingerprint density at radius 2 is 1.96 bits per heavy atom. The molecule has 6 heteroatoms. The first kappa shape index (κ1) is 17.5. The van der Waals surface area contributed by atoms with Gasteiger partial charge in [0.2, 0.25) is 0 Å². The Labute approximate surface area is 160 Å². The number of aryl methyl sites for hydroxylation is 2. The van der Waals surface area contributed by atoms with Gasteiger partial charge in [0.25, 0.3) is 5.56 Å². The van der Waals surface area contributed by atoms with Gasteiger partial charge in [-0.15, -0.1) is 11.3 Å². The Morgan fingerprint density at radius 3 is 2.69 bits per heavy atom. The third kappa shape index (κ3) is 3.01. The molecule has 4 rings (SSSR count). The van der Waals surface area contributed by atoms with Crippen molar-refractivity contribution in [1.82, 2.24) is 9.55 Å². The smallest absolute Gasteiger partial charge is 0.267 e. The molecular weight excluding hydrogens is 364 g/mol. The van der Waals surface area contributed by atoms with Crippen LogP contribution in [0.1, 0.15) is 37.1 Å². The van der Waals surface area contributed by atoms with E-state index >= 15 is 0 Å². The molecule has 1 unspecified atom stereocenters. The zero-order valence-corrected chi connectivity index (χ0v) is 16.5. The van der Waals surface area contributed by atoms with E-state index in [0.29, 0.717) is 5.16 Å². The molecule has 0 fully saturated rings. The summed E-state index contributed by atoms with van der Waals surface area (Å²) in [6.07, 6.45) is 4.29. The molecule has 0 saturated heterocycles. The molecule has 2 heterocycles.